The van der Waals surface area contributed by atoms with Crippen LogP contribution >= 0.6 is 0 Å². The molecular formula is C14H12OS. The van der Waals surface area contributed by atoms with Crippen LogP contribution in [0.4, 0.5) is 0 Å². The van der Waals surface area contributed by atoms with Gasteiger partial charge in [-0.15, -0.1) is 0 Å². The first kappa shape index (κ1) is 9.94. The molecule has 0 N–H and O–H groups in total. The van der Waals surface area contributed by atoms with E-state index in [1.807, 2.05) is 18.2 Å². The zero-order valence-electron chi connectivity index (χ0n) is 9.07. The Morgan fingerprint density at radius 3 is 2.75 bits per heavy atom. The van der Waals surface area contributed by atoms with Crippen molar-refractivity contribution in [1.29, 1.82) is 0 Å². The molecule has 0 fully saturated rings. The van der Waals surface area contributed by atoms with Gasteiger partial charge >= 0.3 is 0 Å². The maximum Gasteiger partial charge on any atom is 0.160 e. The van der Waals surface area contributed by atoms with Gasteiger partial charge in [0.05, 0.1) is 0 Å². The quantitative estimate of drug-likeness (QED) is 0.634. The second-order valence-corrected chi connectivity index (χ2v) is 5.57. The highest BCUT2D eigenvalue weighted by atomic mass is 32.2. The molecule has 1 unspecified atom stereocenters. The summed E-state index contributed by atoms with van der Waals surface area (Å²) in [5.74, 6) is 0.647. The topological polar surface area (TPSA) is 23.1 Å². The molecule has 0 aliphatic carbocycles. The molecule has 1 nitrogen and oxygen atoms in total. The Bertz CT molecular complexity index is 548. The van der Waals surface area contributed by atoms with Gasteiger partial charge < -0.3 is 4.55 Å². The summed E-state index contributed by atoms with van der Waals surface area (Å²) >= 11 is -0.885. The van der Waals surface area contributed by atoms with Crippen molar-refractivity contribution in [2.24, 2.45) is 0 Å². The fourth-order valence-electron chi connectivity index (χ4n) is 2.21. The van der Waals surface area contributed by atoms with Crippen molar-refractivity contribution in [3.05, 3.63) is 53.6 Å². The normalized spacial score (nSPS) is 17.8. The first-order valence-electron chi connectivity index (χ1n) is 5.33. The lowest BCUT2D eigenvalue weighted by Gasteiger charge is -2.22. The minimum Gasteiger partial charge on any atom is -0.611 e. The molecule has 2 heteroatoms. The summed E-state index contributed by atoms with van der Waals surface area (Å²) in [7, 11) is 0. The molecule has 2 aromatic carbocycles. The van der Waals surface area contributed by atoms with Crippen molar-refractivity contribution in [3.63, 3.8) is 0 Å². The Hall–Kier alpha value is -1.25. The fraction of sp³-hybridized carbons (Fsp3) is 0.143. The smallest absolute Gasteiger partial charge is 0.160 e. The van der Waals surface area contributed by atoms with Gasteiger partial charge in [0.15, 0.2) is 4.90 Å². The van der Waals surface area contributed by atoms with Gasteiger partial charge in [0.1, 0.15) is 5.75 Å². The lowest BCUT2D eigenvalue weighted by atomic mass is 9.98. The highest BCUT2D eigenvalue weighted by Gasteiger charge is 2.25. The summed E-state index contributed by atoms with van der Waals surface area (Å²) in [6.45, 7) is 2.07. The van der Waals surface area contributed by atoms with Crippen LogP contribution in [-0.2, 0) is 16.9 Å². The van der Waals surface area contributed by atoms with Crippen LogP contribution in [0, 0.1) is 6.92 Å². The van der Waals surface area contributed by atoms with Crippen molar-refractivity contribution in [2.45, 2.75) is 17.6 Å². The molecule has 1 aliphatic rings. The summed E-state index contributed by atoms with van der Waals surface area (Å²) in [6, 6.07) is 14.4. The monoisotopic (exact) mass is 228 g/mol. The number of aryl methyl sites for hydroxylation is 1. The molecule has 0 saturated heterocycles. The van der Waals surface area contributed by atoms with Gasteiger partial charge in [-0.3, -0.25) is 0 Å². The average molecular weight is 228 g/mol. The van der Waals surface area contributed by atoms with Gasteiger partial charge in [-0.05, 0) is 35.8 Å². The Balaban J connectivity index is 2.27. The van der Waals surface area contributed by atoms with Crippen molar-refractivity contribution in [3.8, 4) is 11.1 Å². The molecule has 0 saturated carbocycles. The largest absolute Gasteiger partial charge is 0.611 e. The molecule has 1 aliphatic heterocycles. The molecule has 80 valence electrons. The molecule has 0 amide bonds. The zero-order valence-corrected chi connectivity index (χ0v) is 9.88. The van der Waals surface area contributed by atoms with Crippen LogP contribution < -0.4 is 0 Å². The van der Waals surface area contributed by atoms with Crippen LogP contribution in [0.1, 0.15) is 11.1 Å². The van der Waals surface area contributed by atoms with Gasteiger partial charge in [0.25, 0.3) is 0 Å². The van der Waals surface area contributed by atoms with E-state index in [1.165, 1.54) is 16.7 Å². The summed E-state index contributed by atoms with van der Waals surface area (Å²) < 4.78 is 12.1. The highest BCUT2D eigenvalue weighted by molar-refractivity contribution is 7.90. The van der Waals surface area contributed by atoms with E-state index in [4.69, 9.17) is 0 Å². The number of hydrogen-bond acceptors (Lipinski definition) is 1. The van der Waals surface area contributed by atoms with E-state index in [0.29, 0.717) is 5.75 Å². The summed E-state index contributed by atoms with van der Waals surface area (Å²) in [5.41, 5.74) is 4.80. The number of rotatable bonds is 0. The van der Waals surface area contributed by atoms with Gasteiger partial charge in [-0.2, -0.15) is 0 Å². The summed E-state index contributed by atoms with van der Waals surface area (Å²) in [6.07, 6.45) is 0. The van der Waals surface area contributed by atoms with E-state index < -0.39 is 11.2 Å². The van der Waals surface area contributed by atoms with Gasteiger partial charge in [-0.25, -0.2) is 0 Å². The standard InChI is InChI=1S/C14H12OS/c1-10-6-7-12-11(8-10)9-16(15)14-5-3-2-4-13(12)14/h2-8H,9H2,1H3. The van der Waals surface area contributed by atoms with E-state index in [9.17, 15) is 4.55 Å². The van der Waals surface area contributed by atoms with Crippen LogP contribution in [0.3, 0.4) is 0 Å². The predicted octanol–water partition coefficient (Wildman–Crippen LogP) is 3.28. The molecule has 1 heterocycles. The first-order chi connectivity index (χ1) is 7.75. The first-order valence-corrected chi connectivity index (χ1v) is 6.65. The van der Waals surface area contributed by atoms with Crippen LogP contribution in [0.15, 0.2) is 47.4 Å². The van der Waals surface area contributed by atoms with Gasteiger partial charge in [0, 0.05) is 11.1 Å². The Morgan fingerprint density at radius 2 is 1.88 bits per heavy atom. The number of benzene rings is 2. The minimum atomic E-state index is -0.885. The van der Waals surface area contributed by atoms with E-state index in [2.05, 4.69) is 31.2 Å². The summed E-state index contributed by atoms with van der Waals surface area (Å²) in [4.78, 5) is 0.971. The fourth-order valence-corrected chi connectivity index (χ4v) is 3.54. The van der Waals surface area contributed by atoms with Crippen molar-refractivity contribution in [2.75, 3.05) is 0 Å². The van der Waals surface area contributed by atoms with Crippen LogP contribution in [-0.4, -0.2) is 4.55 Å². The Morgan fingerprint density at radius 1 is 1.06 bits per heavy atom. The van der Waals surface area contributed by atoms with E-state index in [-0.39, 0.29) is 0 Å². The van der Waals surface area contributed by atoms with Crippen LogP contribution in [0.25, 0.3) is 11.1 Å². The van der Waals surface area contributed by atoms with Crippen LogP contribution in [0.5, 0.6) is 0 Å². The third-order valence-electron chi connectivity index (χ3n) is 2.97. The molecule has 16 heavy (non-hydrogen) atoms. The highest BCUT2D eigenvalue weighted by Crippen LogP contribution is 2.37. The minimum absolute atomic E-state index is 0.647. The molecule has 3 rings (SSSR count). The molecule has 0 radical (unpaired) electrons. The lowest BCUT2D eigenvalue weighted by molar-refractivity contribution is 0.593. The molecule has 0 aromatic heterocycles. The predicted molar refractivity (Wildman–Crippen MR) is 66.7 cm³/mol. The lowest BCUT2D eigenvalue weighted by Crippen LogP contribution is -2.12. The van der Waals surface area contributed by atoms with Gasteiger partial charge in [-0.1, -0.05) is 35.9 Å². The molecule has 0 bridgehead atoms. The SMILES string of the molecule is Cc1ccc2c(c1)C[S+]([O-])c1ccccc1-2. The Labute approximate surface area is 98.3 Å². The second-order valence-electron chi connectivity index (χ2n) is 4.15. The molecular weight excluding hydrogens is 216 g/mol. The molecule has 2 aromatic rings. The third kappa shape index (κ3) is 1.46. The average Bonchev–Trinajstić information content (AvgIpc) is 2.29. The van der Waals surface area contributed by atoms with E-state index >= 15 is 0 Å². The van der Waals surface area contributed by atoms with Gasteiger partial charge in [0.2, 0.25) is 0 Å². The summed E-state index contributed by atoms with van der Waals surface area (Å²) in [5, 5.41) is 0. The maximum absolute atomic E-state index is 12.1. The van der Waals surface area contributed by atoms with Crippen molar-refractivity contribution < 1.29 is 4.55 Å². The second kappa shape index (κ2) is 3.65. The molecule has 0 spiro atoms. The van der Waals surface area contributed by atoms with E-state index in [1.54, 1.807) is 0 Å². The van der Waals surface area contributed by atoms with E-state index in [0.717, 1.165) is 10.5 Å². The van der Waals surface area contributed by atoms with Crippen molar-refractivity contribution in [1.82, 2.24) is 0 Å². The zero-order chi connectivity index (χ0) is 11.1. The van der Waals surface area contributed by atoms with Crippen LogP contribution in [0.2, 0.25) is 0 Å². The number of hydrogen-bond donors (Lipinski definition) is 0. The number of fused-ring (bicyclic) bond motifs is 3. The third-order valence-corrected chi connectivity index (χ3v) is 4.39. The molecule has 1 atom stereocenters. The Kier molecular flexibility index (Phi) is 2.27. The van der Waals surface area contributed by atoms with Crippen molar-refractivity contribution >= 4 is 11.2 Å². The maximum atomic E-state index is 12.1.